The van der Waals surface area contributed by atoms with Gasteiger partial charge in [0.05, 0.1) is 29.5 Å². The Morgan fingerprint density at radius 1 is 1.26 bits per heavy atom. The van der Waals surface area contributed by atoms with E-state index in [1.165, 1.54) is 0 Å². The van der Waals surface area contributed by atoms with Crippen LogP contribution in [0.5, 0.6) is 0 Å². The number of halogens is 3. The molecule has 1 fully saturated rings. The SMILES string of the molecule is N#Cc1c(-c2ncc(S(=O)(=O)NC(CF)CF)cn2)n(C2CCC2)c2cc(Cl)ccc12. The van der Waals surface area contributed by atoms with E-state index in [1.807, 2.05) is 9.29 Å². The molecule has 1 aromatic carbocycles. The number of nitrogens with one attached hydrogen (secondary N) is 1. The standard InChI is InChI=1S/C20H18ClF2N5O2S/c21-12-4-5-16-17(9-24)19(28(18(16)6-12)14-2-1-3-14)20-25-10-15(11-26-20)31(29,30)27-13(7-22)8-23/h4-6,10-11,13-14,27H,1-3,7-8H2. The maximum absolute atomic E-state index is 12.7. The zero-order valence-corrected chi connectivity index (χ0v) is 17.8. The molecule has 0 unspecified atom stereocenters. The fourth-order valence-corrected chi connectivity index (χ4v) is 4.86. The van der Waals surface area contributed by atoms with Gasteiger partial charge in [-0.1, -0.05) is 11.6 Å². The largest absolute Gasteiger partial charge is 0.334 e. The quantitative estimate of drug-likeness (QED) is 0.569. The molecule has 0 atom stereocenters. The minimum absolute atomic E-state index is 0.154. The molecule has 2 heterocycles. The average molecular weight is 466 g/mol. The fraction of sp³-hybridized carbons (Fsp3) is 0.350. The van der Waals surface area contributed by atoms with Crippen molar-refractivity contribution in [3.63, 3.8) is 0 Å². The summed E-state index contributed by atoms with van der Waals surface area (Å²) in [4.78, 5) is 8.04. The summed E-state index contributed by atoms with van der Waals surface area (Å²) in [6.45, 7) is -2.35. The van der Waals surface area contributed by atoms with E-state index in [2.05, 4.69) is 16.0 Å². The molecule has 0 amide bonds. The number of rotatable bonds is 7. The van der Waals surface area contributed by atoms with Crippen molar-refractivity contribution in [2.75, 3.05) is 13.3 Å². The molecular formula is C20H18ClF2N5O2S. The Kier molecular flexibility index (Phi) is 5.92. The highest BCUT2D eigenvalue weighted by Crippen LogP contribution is 2.42. The van der Waals surface area contributed by atoms with E-state index in [4.69, 9.17) is 11.6 Å². The van der Waals surface area contributed by atoms with E-state index < -0.39 is 29.4 Å². The lowest BCUT2D eigenvalue weighted by atomic mass is 9.92. The number of aromatic nitrogens is 3. The van der Waals surface area contributed by atoms with Gasteiger partial charge in [-0.3, -0.25) is 0 Å². The van der Waals surface area contributed by atoms with E-state index >= 15 is 0 Å². The number of nitriles is 1. The van der Waals surface area contributed by atoms with Crippen LogP contribution in [0.2, 0.25) is 5.02 Å². The topological polar surface area (TPSA) is 101 Å². The first kappa shape index (κ1) is 21.6. The second-order valence-electron chi connectivity index (χ2n) is 7.32. The Bertz CT molecular complexity index is 1260. The highest BCUT2D eigenvalue weighted by molar-refractivity contribution is 7.89. The summed E-state index contributed by atoms with van der Waals surface area (Å²) >= 11 is 6.19. The molecule has 1 aliphatic carbocycles. The van der Waals surface area contributed by atoms with Gasteiger partial charge in [-0.15, -0.1) is 0 Å². The van der Waals surface area contributed by atoms with Crippen molar-refractivity contribution in [3.05, 3.63) is 41.2 Å². The first-order valence-corrected chi connectivity index (χ1v) is 11.5. The highest BCUT2D eigenvalue weighted by atomic mass is 35.5. The smallest absolute Gasteiger partial charge is 0.244 e. The summed E-state index contributed by atoms with van der Waals surface area (Å²) in [5.41, 5.74) is 1.66. The second kappa shape index (κ2) is 8.49. The summed E-state index contributed by atoms with van der Waals surface area (Å²) in [7, 11) is -4.19. The number of fused-ring (bicyclic) bond motifs is 1. The molecule has 1 N–H and O–H groups in total. The van der Waals surface area contributed by atoms with Gasteiger partial charge in [-0.05, 0) is 37.5 Å². The van der Waals surface area contributed by atoms with Gasteiger partial charge in [0.1, 0.15) is 30.0 Å². The van der Waals surface area contributed by atoms with Crippen molar-refractivity contribution in [3.8, 4) is 17.6 Å². The third-order valence-electron chi connectivity index (χ3n) is 5.36. The fourth-order valence-electron chi connectivity index (χ4n) is 3.61. The lowest BCUT2D eigenvalue weighted by Crippen LogP contribution is -2.38. The summed E-state index contributed by atoms with van der Waals surface area (Å²) in [6, 6.07) is 6.15. The summed E-state index contributed by atoms with van der Waals surface area (Å²) in [5.74, 6) is 0.183. The molecule has 0 radical (unpaired) electrons. The first-order valence-electron chi connectivity index (χ1n) is 9.59. The second-order valence-corrected chi connectivity index (χ2v) is 9.47. The number of alkyl halides is 2. The number of benzene rings is 1. The van der Waals surface area contributed by atoms with Gasteiger partial charge in [0.15, 0.2) is 5.82 Å². The van der Waals surface area contributed by atoms with Gasteiger partial charge in [-0.2, -0.15) is 5.26 Å². The summed E-state index contributed by atoms with van der Waals surface area (Å²) in [5, 5.41) is 11.1. The van der Waals surface area contributed by atoms with E-state index in [0.29, 0.717) is 21.7 Å². The maximum Gasteiger partial charge on any atom is 0.244 e. The number of hydrogen-bond donors (Lipinski definition) is 1. The van der Waals surface area contributed by atoms with Crippen molar-refractivity contribution in [2.45, 2.75) is 36.2 Å². The van der Waals surface area contributed by atoms with Crippen LogP contribution in [0.4, 0.5) is 8.78 Å². The van der Waals surface area contributed by atoms with E-state index in [1.54, 1.807) is 18.2 Å². The third kappa shape index (κ3) is 3.89. The molecule has 0 aliphatic heterocycles. The zero-order chi connectivity index (χ0) is 22.2. The molecule has 11 heteroatoms. The van der Waals surface area contributed by atoms with E-state index in [-0.39, 0.29) is 16.8 Å². The molecule has 0 spiro atoms. The molecule has 4 rings (SSSR count). The van der Waals surface area contributed by atoms with Crippen LogP contribution in [0, 0.1) is 11.3 Å². The summed E-state index contributed by atoms with van der Waals surface area (Å²) in [6.07, 6.45) is 5.04. The normalized spacial score (nSPS) is 14.7. The van der Waals surface area contributed by atoms with E-state index in [9.17, 15) is 22.5 Å². The minimum atomic E-state index is -4.19. The highest BCUT2D eigenvalue weighted by Gasteiger charge is 2.29. The summed E-state index contributed by atoms with van der Waals surface area (Å²) < 4.78 is 54.1. The van der Waals surface area contributed by atoms with Gasteiger partial charge < -0.3 is 4.57 Å². The Labute approximate surface area is 182 Å². The Morgan fingerprint density at radius 3 is 2.48 bits per heavy atom. The van der Waals surface area contributed by atoms with Crippen LogP contribution in [0.25, 0.3) is 22.4 Å². The van der Waals surface area contributed by atoms with Crippen LogP contribution in [0.1, 0.15) is 30.9 Å². The number of sulfonamides is 1. The molecular weight excluding hydrogens is 448 g/mol. The molecule has 31 heavy (non-hydrogen) atoms. The molecule has 1 aliphatic rings. The van der Waals surface area contributed by atoms with Crippen LogP contribution in [0.3, 0.4) is 0 Å². The number of hydrogen-bond acceptors (Lipinski definition) is 5. The Morgan fingerprint density at radius 2 is 1.94 bits per heavy atom. The lowest BCUT2D eigenvalue weighted by molar-refractivity contribution is 0.323. The van der Waals surface area contributed by atoms with Crippen molar-refractivity contribution < 1.29 is 17.2 Å². The number of nitrogens with zero attached hydrogens (tertiary/aromatic N) is 4. The molecule has 7 nitrogen and oxygen atoms in total. The van der Waals surface area contributed by atoms with Crippen molar-refractivity contribution in [1.82, 2.24) is 19.3 Å². The van der Waals surface area contributed by atoms with Gasteiger partial charge in [-0.25, -0.2) is 31.9 Å². The molecule has 162 valence electrons. The van der Waals surface area contributed by atoms with Crippen LogP contribution in [-0.4, -0.2) is 42.3 Å². The van der Waals surface area contributed by atoms with Gasteiger partial charge in [0, 0.05) is 16.5 Å². The predicted molar refractivity (Wildman–Crippen MR) is 112 cm³/mol. The predicted octanol–water partition coefficient (Wildman–Crippen LogP) is 3.93. The minimum Gasteiger partial charge on any atom is -0.334 e. The average Bonchev–Trinajstić information content (AvgIpc) is 3.04. The van der Waals surface area contributed by atoms with Gasteiger partial charge in [0.2, 0.25) is 10.0 Å². The van der Waals surface area contributed by atoms with Crippen molar-refractivity contribution in [1.29, 1.82) is 5.26 Å². The maximum atomic E-state index is 12.7. The van der Waals surface area contributed by atoms with Gasteiger partial charge >= 0.3 is 0 Å². The zero-order valence-electron chi connectivity index (χ0n) is 16.2. The van der Waals surface area contributed by atoms with Crippen LogP contribution < -0.4 is 4.72 Å². The Hall–Kier alpha value is -2.61. The molecule has 0 saturated heterocycles. The third-order valence-corrected chi connectivity index (χ3v) is 7.07. The molecule has 0 bridgehead atoms. The van der Waals surface area contributed by atoms with Crippen molar-refractivity contribution >= 4 is 32.5 Å². The van der Waals surface area contributed by atoms with Crippen LogP contribution in [-0.2, 0) is 10.0 Å². The van der Waals surface area contributed by atoms with Gasteiger partial charge in [0.25, 0.3) is 0 Å². The molecule has 3 aromatic rings. The van der Waals surface area contributed by atoms with Crippen LogP contribution in [0.15, 0.2) is 35.5 Å². The van der Waals surface area contributed by atoms with E-state index in [0.717, 1.165) is 37.2 Å². The van der Waals surface area contributed by atoms with Crippen molar-refractivity contribution in [2.24, 2.45) is 0 Å². The Balaban J connectivity index is 1.82. The lowest BCUT2D eigenvalue weighted by Gasteiger charge is -2.29. The first-order chi connectivity index (χ1) is 14.9. The molecule has 2 aromatic heterocycles. The van der Waals surface area contributed by atoms with Crippen LogP contribution >= 0.6 is 11.6 Å². The molecule has 1 saturated carbocycles. The monoisotopic (exact) mass is 465 g/mol.